The molecule has 10 heteroatoms. The Morgan fingerprint density at radius 1 is 0.929 bits per heavy atom. The number of rotatable bonds is 4. The molecule has 3 aliphatic heterocycles. The average Bonchev–Trinajstić information content (AvgIpc) is 3.49. The number of anilines is 1. The minimum absolute atomic E-state index is 0.227. The van der Waals surface area contributed by atoms with Crippen molar-refractivity contribution in [3.8, 4) is 0 Å². The van der Waals surface area contributed by atoms with E-state index < -0.39 is 35.9 Å². The molecule has 0 spiro atoms. The first kappa shape index (κ1) is 26.3. The number of aromatic nitrogens is 1. The molecule has 3 aliphatic rings. The number of hydrogen-bond acceptors (Lipinski definition) is 4. The first-order valence-corrected chi connectivity index (χ1v) is 14.3. The number of benzene rings is 3. The van der Waals surface area contributed by atoms with E-state index in [2.05, 4.69) is 4.98 Å². The van der Waals surface area contributed by atoms with E-state index in [0.29, 0.717) is 37.4 Å². The lowest BCUT2D eigenvalue weighted by molar-refractivity contribution is -0.143. The number of imide groups is 1. The number of carbonyl (C=O) groups is 4. The Kier molecular flexibility index (Phi) is 6.27. The summed E-state index contributed by atoms with van der Waals surface area (Å²) in [5.74, 6) is -2.08. The van der Waals surface area contributed by atoms with Crippen molar-refractivity contribution in [3.63, 3.8) is 0 Å². The van der Waals surface area contributed by atoms with Gasteiger partial charge in [-0.3, -0.25) is 19.3 Å². The molecule has 2 unspecified atom stereocenters. The molecule has 0 aliphatic carbocycles. The van der Waals surface area contributed by atoms with Crippen molar-refractivity contribution in [3.05, 3.63) is 100 Å². The highest BCUT2D eigenvalue weighted by atomic mass is 35.5. The van der Waals surface area contributed by atoms with E-state index in [1.165, 1.54) is 0 Å². The fourth-order valence-electron chi connectivity index (χ4n) is 6.67. The maximum atomic E-state index is 14.3. The van der Waals surface area contributed by atoms with Crippen molar-refractivity contribution in [1.82, 2.24) is 14.8 Å². The van der Waals surface area contributed by atoms with Gasteiger partial charge in [-0.25, -0.2) is 9.69 Å². The van der Waals surface area contributed by atoms with Crippen LogP contribution in [-0.2, 0) is 16.0 Å². The summed E-state index contributed by atoms with van der Waals surface area (Å²) in [6, 6.07) is 19.9. The molecular formula is C32H27ClN4O5. The molecule has 4 heterocycles. The van der Waals surface area contributed by atoms with E-state index in [4.69, 9.17) is 11.6 Å². The van der Waals surface area contributed by atoms with Crippen molar-refractivity contribution >= 4 is 52.0 Å². The van der Waals surface area contributed by atoms with E-state index >= 15 is 0 Å². The second-order valence-corrected chi connectivity index (χ2v) is 11.5. The average molecular weight is 583 g/mol. The van der Waals surface area contributed by atoms with Crippen LogP contribution in [0.4, 0.5) is 10.5 Å². The zero-order valence-electron chi connectivity index (χ0n) is 22.5. The molecule has 0 saturated carbocycles. The lowest BCUT2D eigenvalue weighted by Crippen LogP contribution is -2.44. The van der Waals surface area contributed by atoms with E-state index in [0.717, 1.165) is 32.6 Å². The molecule has 7 rings (SSSR count). The summed E-state index contributed by atoms with van der Waals surface area (Å²) in [5.41, 5.74) is 3.97. The summed E-state index contributed by atoms with van der Waals surface area (Å²) in [5, 5.41) is 10.9. The van der Waals surface area contributed by atoms with Gasteiger partial charge in [0.1, 0.15) is 12.1 Å². The number of carbonyl (C=O) groups excluding carboxylic acids is 3. The summed E-state index contributed by atoms with van der Waals surface area (Å²) in [4.78, 5) is 61.4. The number of aliphatic carboxylic acids is 1. The normalized spacial score (nSPS) is 20.6. The molecule has 2 atom stereocenters. The lowest BCUT2D eigenvalue weighted by atomic mass is 9.89. The SMILES string of the molecule is O=C(O)C1CCN(C(=O)c2ccccc2N2C(=O)C3Cc4c([nH]c5ccccc45)C(c4cccc(Cl)c4)N3C2=O)CC1. The van der Waals surface area contributed by atoms with Gasteiger partial charge in [0, 0.05) is 41.1 Å². The first-order valence-electron chi connectivity index (χ1n) is 14.0. The van der Waals surface area contributed by atoms with Crippen LogP contribution >= 0.6 is 11.6 Å². The number of hydrogen-bond donors (Lipinski definition) is 2. The van der Waals surface area contributed by atoms with Crippen LogP contribution in [0.15, 0.2) is 72.8 Å². The van der Waals surface area contributed by atoms with E-state index in [9.17, 15) is 24.3 Å². The van der Waals surface area contributed by atoms with Gasteiger partial charge in [0.2, 0.25) is 0 Å². The van der Waals surface area contributed by atoms with Crippen LogP contribution in [0, 0.1) is 5.92 Å². The fraction of sp³-hybridized carbons (Fsp3) is 0.250. The summed E-state index contributed by atoms with van der Waals surface area (Å²) in [7, 11) is 0. The Labute approximate surface area is 246 Å². The lowest BCUT2D eigenvalue weighted by Gasteiger charge is -2.36. The smallest absolute Gasteiger partial charge is 0.332 e. The fourth-order valence-corrected chi connectivity index (χ4v) is 6.87. The summed E-state index contributed by atoms with van der Waals surface area (Å²) in [6.07, 6.45) is 1.04. The van der Waals surface area contributed by atoms with Crippen LogP contribution in [0.3, 0.4) is 0 Å². The molecule has 2 saturated heterocycles. The van der Waals surface area contributed by atoms with Crippen LogP contribution in [-0.4, -0.2) is 62.8 Å². The molecule has 0 radical (unpaired) electrons. The van der Waals surface area contributed by atoms with Gasteiger partial charge in [-0.2, -0.15) is 0 Å². The van der Waals surface area contributed by atoms with Gasteiger partial charge >= 0.3 is 12.0 Å². The van der Waals surface area contributed by atoms with Crippen LogP contribution in [0.1, 0.15) is 46.1 Å². The summed E-state index contributed by atoms with van der Waals surface area (Å²) < 4.78 is 0. The Bertz CT molecular complexity index is 1780. The van der Waals surface area contributed by atoms with Gasteiger partial charge in [0.05, 0.1) is 17.2 Å². The number of nitrogens with one attached hydrogen (secondary N) is 1. The topological polar surface area (TPSA) is 114 Å². The molecule has 2 N–H and O–H groups in total. The van der Waals surface area contributed by atoms with Crippen molar-refractivity contribution in [1.29, 1.82) is 0 Å². The second-order valence-electron chi connectivity index (χ2n) is 11.0. The highest BCUT2D eigenvalue weighted by Gasteiger charge is 2.53. The number of amides is 4. The highest BCUT2D eigenvalue weighted by molar-refractivity contribution is 6.30. The largest absolute Gasteiger partial charge is 0.481 e. The molecule has 4 aromatic rings. The van der Waals surface area contributed by atoms with Crippen molar-refractivity contribution in [2.45, 2.75) is 31.3 Å². The van der Waals surface area contributed by atoms with Gasteiger partial charge in [0.15, 0.2) is 0 Å². The maximum absolute atomic E-state index is 14.3. The second kappa shape index (κ2) is 10.0. The number of carboxylic acid groups (broad SMARTS) is 1. The number of aromatic amines is 1. The Balaban J connectivity index is 1.29. The number of nitrogens with zero attached hydrogens (tertiary/aromatic N) is 3. The molecular weight excluding hydrogens is 556 g/mol. The zero-order chi connectivity index (χ0) is 29.1. The Morgan fingerprint density at radius 3 is 2.43 bits per heavy atom. The van der Waals surface area contributed by atoms with Crippen molar-refractivity contribution in [2.24, 2.45) is 5.92 Å². The molecule has 0 bridgehead atoms. The number of likely N-dealkylation sites (tertiary alicyclic amines) is 1. The first-order chi connectivity index (χ1) is 20.3. The molecule has 4 amide bonds. The number of urea groups is 1. The van der Waals surface area contributed by atoms with E-state index in [-0.39, 0.29) is 17.2 Å². The Hall–Kier alpha value is -4.63. The van der Waals surface area contributed by atoms with Crippen LogP contribution in [0.5, 0.6) is 0 Å². The quantitative estimate of drug-likeness (QED) is 0.319. The van der Waals surface area contributed by atoms with Gasteiger partial charge < -0.3 is 15.0 Å². The molecule has 212 valence electrons. The number of para-hydroxylation sites is 2. The highest BCUT2D eigenvalue weighted by Crippen LogP contribution is 2.45. The molecule has 1 aromatic heterocycles. The zero-order valence-corrected chi connectivity index (χ0v) is 23.3. The minimum Gasteiger partial charge on any atom is -0.481 e. The standard InChI is InChI=1S/C32H27ClN4O5/c33-20-7-5-6-19(16-20)28-27-23(21-8-1-3-10-24(21)34-27)17-26-30(39)37(32(42)36(26)28)25-11-4-2-9-22(25)29(38)35-14-12-18(13-15-35)31(40)41/h1-11,16,18,26,28,34H,12-15,17H2,(H,40,41). The Morgan fingerprint density at radius 2 is 1.67 bits per heavy atom. The van der Waals surface area contributed by atoms with Gasteiger partial charge in [-0.05, 0) is 54.3 Å². The number of halogens is 1. The predicted molar refractivity (Wildman–Crippen MR) is 157 cm³/mol. The third-order valence-corrected chi connectivity index (χ3v) is 8.96. The predicted octanol–water partition coefficient (Wildman–Crippen LogP) is 5.24. The third kappa shape index (κ3) is 4.07. The van der Waals surface area contributed by atoms with E-state index in [1.54, 1.807) is 40.1 Å². The molecule has 9 nitrogen and oxygen atoms in total. The van der Waals surface area contributed by atoms with Crippen LogP contribution < -0.4 is 4.90 Å². The number of fused-ring (bicyclic) bond motifs is 4. The number of H-pyrrole nitrogens is 1. The monoisotopic (exact) mass is 582 g/mol. The van der Waals surface area contributed by atoms with Gasteiger partial charge in [0.25, 0.3) is 11.8 Å². The molecule has 3 aromatic carbocycles. The summed E-state index contributed by atoms with van der Waals surface area (Å²) in [6.45, 7) is 0.582. The van der Waals surface area contributed by atoms with Gasteiger partial charge in [-0.15, -0.1) is 0 Å². The minimum atomic E-state index is -0.862. The van der Waals surface area contributed by atoms with Crippen molar-refractivity contribution in [2.75, 3.05) is 18.0 Å². The summed E-state index contributed by atoms with van der Waals surface area (Å²) >= 11 is 6.39. The number of carboxylic acids is 1. The van der Waals surface area contributed by atoms with Gasteiger partial charge in [-0.1, -0.05) is 54.1 Å². The van der Waals surface area contributed by atoms with Crippen LogP contribution in [0.2, 0.25) is 5.02 Å². The van der Waals surface area contributed by atoms with E-state index in [1.807, 2.05) is 42.5 Å². The maximum Gasteiger partial charge on any atom is 0.332 e. The molecule has 42 heavy (non-hydrogen) atoms. The number of piperidine rings is 1. The van der Waals surface area contributed by atoms with Crippen LogP contribution in [0.25, 0.3) is 10.9 Å². The third-order valence-electron chi connectivity index (χ3n) is 8.72. The molecule has 2 fully saturated rings. The van der Waals surface area contributed by atoms with Crippen molar-refractivity contribution < 1.29 is 24.3 Å².